The fourth-order valence-electron chi connectivity index (χ4n) is 1.67. The molecule has 6 heteroatoms. The summed E-state index contributed by atoms with van der Waals surface area (Å²) < 4.78 is 0. The highest BCUT2D eigenvalue weighted by Gasteiger charge is 2.18. The molecule has 0 aliphatic carbocycles. The van der Waals surface area contributed by atoms with Crippen molar-refractivity contribution in [2.75, 3.05) is 5.32 Å². The predicted octanol–water partition coefficient (Wildman–Crippen LogP) is 2.87. The van der Waals surface area contributed by atoms with E-state index < -0.39 is 12.0 Å². The third-order valence-electron chi connectivity index (χ3n) is 2.62. The first-order chi connectivity index (χ1) is 9.20. The molecule has 1 aromatic heterocycles. The Morgan fingerprint density at radius 2 is 2.11 bits per heavy atom. The van der Waals surface area contributed by atoms with Crippen LogP contribution >= 0.6 is 11.3 Å². The van der Waals surface area contributed by atoms with Crippen molar-refractivity contribution in [3.63, 3.8) is 0 Å². The summed E-state index contributed by atoms with van der Waals surface area (Å²) in [5.41, 5.74) is 0.982. The summed E-state index contributed by atoms with van der Waals surface area (Å²) in [7, 11) is 0. The van der Waals surface area contributed by atoms with E-state index in [0.29, 0.717) is 11.6 Å². The molecule has 0 radical (unpaired) electrons. The molecular formula is C13H15N3O2S. The Morgan fingerprint density at radius 1 is 1.37 bits per heavy atom. The quantitative estimate of drug-likeness (QED) is 0.849. The zero-order valence-corrected chi connectivity index (χ0v) is 11.4. The Labute approximate surface area is 115 Å². The molecule has 2 aromatic rings. The number of aliphatic carboxylic acids is 1. The Kier molecular flexibility index (Phi) is 4.46. The number of carbonyl (C=O) groups is 1. The summed E-state index contributed by atoms with van der Waals surface area (Å²) in [5, 5.41) is 21.4. The first kappa shape index (κ1) is 13.5. The Morgan fingerprint density at radius 3 is 2.74 bits per heavy atom. The number of hydrogen-bond donors (Lipinski definition) is 2. The third-order valence-corrected chi connectivity index (χ3v) is 3.52. The van der Waals surface area contributed by atoms with Gasteiger partial charge in [-0.05, 0) is 6.42 Å². The van der Waals surface area contributed by atoms with Crippen molar-refractivity contribution in [1.29, 1.82) is 0 Å². The molecule has 0 fully saturated rings. The van der Waals surface area contributed by atoms with E-state index >= 15 is 0 Å². The topological polar surface area (TPSA) is 75.1 Å². The van der Waals surface area contributed by atoms with Crippen molar-refractivity contribution < 1.29 is 9.90 Å². The van der Waals surface area contributed by atoms with E-state index in [9.17, 15) is 4.79 Å². The molecule has 5 nitrogen and oxygen atoms in total. The standard InChI is InChI=1S/C13H15N3O2S/c1-2-6-10(12(17)18)14-13-16-15-11(19-13)9-7-4-3-5-8-9/h3-5,7-8,10H,2,6H2,1H3,(H,14,16)(H,17,18). The van der Waals surface area contributed by atoms with Gasteiger partial charge in [0.05, 0.1) is 0 Å². The van der Waals surface area contributed by atoms with Crippen LogP contribution in [-0.4, -0.2) is 27.3 Å². The molecule has 1 atom stereocenters. The van der Waals surface area contributed by atoms with Gasteiger partial charge in [0.1, 0.15) is 11.0 Å². The minimum atomic E-state index is -0.863. The van der Waals surface area contributed by atoms with Crippen LogP contribution in [0.4, 0.5) is 5.13 Å². The van der Waals surface area contributed by atoms with E-state index in [1.54, 1.807) is 0 Å². The maximum atomic E-state index is 11.1. The third kappa shape index (κ3) is 3.51. The molecule has 2 N–H and O–H groups in total. The van der Waals surface area contributed by atoms with Crippen LogP contribution in [0.15, 0.2) is 30.3 Å². The van der Waals surface area contributed by atoms with Gasteiger partial charge in [-0.1, -0.05) is 55.0 Å². The lowest BCUT2D eigenvalue weighted by Gasteiger charge is -2.11. The molecule has 2 rings (SSSR count). The first-order valence-electron chi connectivity index (χ1n) is 6.09. The number of anilines is 1. The SMILES string of the molecule is CCCC(Nc1nnc(-c2ccccc2)s1)C(=O)O. The van der Waals surface area contributed by atoms with Crippen molar-refractivity contribution in [2.24, 2.45) is 0 Å². The highest BCUT2D eigenvalue weighted by Crippen LogP contribution is 2.26. The highest BCUT2D eigenvalue weighted by atomic mass is 32.1. The lowest BCUT2D eigenvalue weighted by Crippen LogP contribution is -2.28. The molecule has 0 bridgehead atoms. The number of carboxylic acids is 1. The van der Waals surface area contributed by atoms with E-state index in [0.717, 1.165) is 17.0 Å². The molecule has 100 valence electrons. The second kappa shape index (κ2) is 6.29. The van der Waals surface area contributed by atoms with Gasteiger partial charge in [0.25, 0.3) is 0 Å². The summed E-state index contributed by atoms with van der Waals surface area (Å²) in [6.45, 7) is 1.95. The lowest BCUT2D eigenvalue weighted by molar-refractivity contribution is -0.138. The molecule has 0 spiro atoms. The van der Waals surface area contributed by atoms with Gasteiger partial charge in [-0.25, -0.2) is 4.79 Å². The Bertz CT molecular complexity index is 542. The van der Waals surface area contributed by atoms with Crippen LogP contribution in [0, 0.1) is 0 Å². The molecular weight excluding hydrogens is 262 g/mol. The monoisotopic (exact) mass is 277 g/mol. The molecule has 1 aromatic carbocycles. The molecule has 0 aliphatic heterocycles. The molecule has 1 heterocycles. The van der Waals surface area contributed by atoms with E-state index in [1.165, 1.54) is 11.3 Å². The van der Waals surface area contributed by atoms with E-state index in [-0.39, 0.29) is 0 Å². The van der Waals surface area contributed by atoms with Gasteiger partial charge in [-0.15, -0.1) is 10.2 Å². The van der Waals surface area contributed by atoms with Crippen molar-refractivity contribution >= 4 is 22.4 Å². The van der Waals surface area contributed by atoms with Gasteiger partial charge in [-0.2, -0.15) is 0 Å². The average molecular weight is 277 g/mol. The van der Waals surface area contributed by atoms with Gasteiger partial charge in [0, 0.05) is 5.56 Å². The first-order valence-corrected chi connectivity index (χ1v) is 6.90. The zero-order valence-electron chi connectivity index (χ0n) is 10.5. The highest BCUT2D eigenvalue weighted by molar-refractivity contribution is 7.18. The Hall–Kier alpha value is -1.95. The van der Waals surface area contributed by atoms with Crippen LogP contribution in [0.3, 0.4) is 0 Å². The normalized spacial score (nSPS) is 12.1. The van der Waals surface area contributed by atoms with Crippen molar-refractivity contribution in [3.8, 4) is 10.6 Å². The van der Waals surface area contributed by atoms with Gasteiger partial charge >= 0.3 is 5.97 Å². The predicted molar refractivity (Wildman–Crippen MR) is 75.3 cm³/mol. The number of hydrogen-bond acceptors (Lipinski definition) is 5. The second-order valence-corrected chi connectivity index (χ2v) is 5.08. The maximum absolute atomic E-state index is 11.1. The van der Waals surface area contributed by atoms with Crippen LogP contribution in [0.1, 0.15) is 19.8 Å². The molecule has 1 unspecified atom stereocenters. The minimum Gasteiger partial charge on any atom is -0.480 e. The summed E-state index contributed by atoms with van der Waals surface area (Å²) in [4.78, 5) is 11.1. The maximum Gasteiger partial charge on any atom is 0.326 e. The fraction of sp³-hybridized carbons (Fsp3) is 0.308. The summed E-state index contributed by atoms with van der Waals surface area (Å²) >= 11 is 1.36. The number of nitrogens with one attached hydrogen (secondary N) is 1. The summed E-state index contributed by atoms with van der Waals surface area (Å²) in [5.74, 6) is -0.863. The minimum absolute atomic E-state index is 0.541. The lowest BCUT2D eigenvalue weighted by atomic mass is 10.2. The Balaban J connectivity index is 2.11. The number of rotatable bonds is 6. The van der Waals surface area contributed by atoms with E-state index in [4.69, 9.17) is 5.11 Å². The van der Waals surface area contributed by atoms with Crippen LogP contribution in [-0.2, 0) is 4.79 Å². The van der Waals surface area contributed by atoms with Gasteiger partial charge in [0.2, 0.25) is 5.13 Å². The zero-order chi connectivity index (χ0) is 13.7. The number of benzene rings is 1. The number of aromatic nitrogens is 2. The summed E-state index contributed by atoms with van der Waals surface area (Å²) in [6, 6.07) is 9.09. The van der Waals surface area contributed by atoms with Gasteiger partial charge in [-0.3, -0.25) is 0 Å². The van der Waals surface area contributed by atoms with Gasteiger partial charge in [0.15, 0.2) is 0 Å². The van der Waals surface area contributed by atoms with Crippen LogP contribution in [0.25, 0.3) is 10.6 Å². The van der Waals surface area contributed by atoms with E-state index in [1.807, 2.05) is 37.3 Å². The number of carboxylic acid groups (broad SMARTS) is 1. The van der Waals surface area contributed by atoms with E-state index in [2.05, 4.69) is 15.5 Å². The van der Waals surface area contributed by atoms with Crippen LogP contribution in [0.5, 0.6) is 0 Å². The van der Waals surface area contributed by atoms with Crippen molar-refractivity contribution in [1.82, 2.24) is 10.2 Å². The number of nitrogens with zero attached hydrogens (tertiary/aromatic N) is 2. The molecule has 0 aliphatic rings. The molecule has 0 saturated carbocycles. The smallest absolute Gasteiger partial charge is 0.326 e. The van der Waals surface area contributed by atoms with Crippen molar-refractivity contribution in [2.45, 2.75) is 25.8 Å². The summed E-state index contributed by atoms with van der Waals surface area (Å²) in [6.07, 6.45) is 1.36. The fourth-order valence-corrected chi connectivity index (χ4v) is 2.48. The molecule has 0 amide bonds. The second-order valence-electron chi connectivity index (χ2n) is 4.10. The molecule has 0 saturated heterocycles. The van der Waals surface area contributed by atoms with Crippen LogP contribution in [0.2, 0.25) is 0 Å². The largest absolute Gasteiger partial charge is 0.480 e. The average Bonchev–Trinajstić information content (AvgIpc) is 2.88. The molecule has 19 heavy (non-hydrogen) atoms. The van der Waals surface area contributed by atoms with Crippen molar-refractivity contribution in [3.05, 3.63) is 30.3 Å². The van der Waals surface area contributed by atoms with Gasteiger partial charge < -0.3 is 10.4 Å². The van der Waals surface area contributed by atoms with Crippen LogP contribution < -0.4 is 5.32 Å².